The van der Waals surface area contributed by atoms with Gasteiger partial charge in [0.15, 0.2) is 5.15 Å². The van der Waals surface area contributed by atoms with Crippen LogP contribution in [0.4, 0.5) is 5.69 Å². The van der Waals surface area contributed by atoms with Crippen molar-refractivity contribution in [3.8, 4) is 0 Å². The zero-order valence-corrected chi connectivity index (χ0v) is 10.0. The van der Waals surface area contributed by atoms with E-state index in [2.05, 4.69) is 4.98 Å². The molecule has 0 saturated heterocycles. The highest BCUT2D eigenvalue weighted by Crippen LogP contribution is 2.11. The topological polar surface area (TPSA) is 81.2 Å². The molecule has 1 heterocycles. The van der Waals surface area contributed by atoms with Gasteiger partial charge in [-0.05, 0) is 6.92 Å². The number of halogens is 1. The van der Waals surface area contributed by atoms with E-state index >= 15 is 0 Å². The maximum absolute atomic E-state index is 11.7. The number of nitrogens with two attached hydrogens (primary N) is 1. The number of aromatic nitrogens is 2. The number of hydrogen-bond donors (Lipinski definition) is 1. The molecule has 0 aliphatic heterocycles. The molecule has 0 saturated carbocycles. The van der Waals surface area contributed by atoms with Crippen molar-refractivity contribution in [3.05, 3.63) is 21.8 Å². The number of hydrogen-bond acceptors (Lipinski definition) is 4. The first-order chi connectivity index (χ1) is 7.36. The first kappa shape index (κ1) is 12.5. The van der Waals surface area contributed by atoms with Crippen LogP contribution in [-0.4, -0.2) is 34.5 Å². The molecule has 1 aromatic rings. The molecular weight excluding hydrogens is 232 g/mol. The Kier molecular flexibility index (Phi) is 3.54. The van der Waals surface area contributed by atoms with Crippen LogP contribution in [0, 0.1) is 0 Å². The highest BCUT2D eigenvalue weighted by molar-refractivity contribution is 6.31. The number of anilines is 1. The summed E-state index contributed by atoms with van der Waals surface area (Å²) in [5, 5.41) is -0.0502. The molecule has 6 nitrogen and oxygen atoms in total. The van der Waals surface area contributed by atoms with Crippen molar-refractivity contribution in [3.63, 3.8) is 0 Å². The van der Waals surface area contributed by atoms with Crippen molar-refractivity contribution in [1.29, 1.82) is 0 Å². The van der Waals surface area contributed by atoms with Crippen LogP contribution in [0.25, 0.3) is 0 Å². The highest BCUT2D eigenvalue weighted by Gasteiger charge is 2.19. The van der Waals surface area contributed by atoms with Crippen molar-refractivity contribution >= 4 is 23.2 Å². The molecule has 0 aliphatic carbocycles. The summed E-state index contributed by atoms with van der Waals surface area (Å²) in [5.41, 5.74) is 4.78. The third kappa shape index (κ3) is 2.16. The van der Waals surface area contributed by atoms with Gasteiger partial charge >= 0.3 is 0 Å². The molecule has 2 N–H and O–H groups in total. The molecule has 0 bridgehead atoms. The Bertz CT molecular complexity index is 469. The predicted molar refractivity (Wildman–Crippen MR) is 61.3 cm³/mol. The smallest absolute Gasteiger partial charge is 0.278 e. The Morgan fingerprint density at radius 3 is 2.69 bits per heavy atom. The molecule has 1 unspecified atom stereocenters. The Morgan fingerprint density at radius 1 is 1.62 bits per heavy atom. The SMILES string of the molecule is CC(C(=O)N(C)C)n1cnc(Cl)c(N)c1=O. The lowest BCUT2D eigenvalue weighted by molar-refractivity contribution is -0.131. The zero-order chi connectivity index (χ0) is 12.5. The van der Waals surface area contributed by atoms with Crippen LogP contribution in [-0.2, 0) is 4.79 Å². The summed E-state index contributed by atoms with van der Waals surface area (Å²) < 4.78 is 1.16. The minimum Gasteiger partial charge on any atom is -0.392 e. The number of nitrogens with zero attached hydrogens (tertiary/aromatic N) is 3. The lowest BCUT2D eigenvalue weighted by atomic mass is 10.3. The highest BCUT2D eigenvalue weighted by atomic mass is 35.5. The van der Waals surface area contributed by atoms with Gasteiger partial charge in [-0.3, -0.25) is 14.2 Å². The van der Waals surface area contributed by atoms with Gasteiger partial charge in [-0.25, -0.2) is 4.98 Å². The maximum atomic E-state index is 11.7. The van der Waals surface area contributed by atoms with E-state index in [-0.39, 0.29) is 16.7 Å². The number of rotatable bonds is 2. The summed E-state index contributed by atoms with van der Waals surface area (Å²) in [5.74, 6) is -0.217. The molecule has 7 heteroatoms. The first-order valence-electron chi connectivity index (χ1n) is 4.59. The van der Waals surface area contributed by atoms with E-state index in [1.807, 2.05) is 0 Å². The van der Waals surface area contributed by atoms with Crippen molar-refractivity contribution in [1.82, 2.24) is 14.5 Å². The van der Waals surface area contributed by atoms with Gasteiger partial charge in [0, 0.05) is 14.1 Å². The second-order valence-corrected chi connectivity index (χ2v) is 3.93. The minimum atomic E-state index is -0.658. The summed E-state index contributed by atoms with van der Waals surface area (Å²) in [6.45, 7) is 1.60. The van der Waals surface area contributed by atoms with Gasteiger partial charge < -0.3 is 10.6 Å². The van der Waals surface area contributed by atoms with Crippen molar-refractivity contribution < 1.29 is 4.79 Å². The fourth-order valence-corrected chi connectivity index (χ4v) is 1.36. The first-order valence-corrected chi connectivity index (χ1v) is 4.97. The van der Waals surface area contributed by atoms with Gasteiger partial charge in [0.05, 0.1) is 0 Å². The maximum Gasteiger partial charge on any atom is 0.278 e. The van der Waals surface area contributed by atoms with Gasteiger partial charge in [0.1, 0.15) is 18.1 Å². The van der Waals surface area contributed by atoms with Crippen LogP contribution in [0.5, 0.6) is 0 Å². The summed E-state index contributed by atoms with van der Waals surface area (Å²) >= 11 is 5.59. The Hall–Kier alpha value is -1.56. The summed E-state index contributed by atoms with van der Waals surface area (Å²) in [4.78, 5) is 28.5. The molecule has 1 atom stereocenters. The molecule has 88 valence electrons. The van der Waals surface area contributed by atoms with Crippen LogP contribution in [0.3, 0.4) is 0 Å². The molecule has 16 heavy (non-hydrogen) atoms. The van der Waals surface area contributed by atoms with Crippen LogP contribution in [0.15, 0.2) is 11.1 Å². The lowest BCUT2D eigenvalue weighted by Gasteiger charge is -2.18. The second kappa shape index (κ2) is 4.52. The van der Waals surface area contributed by atoms with E-state index in [0.29, 0.717) is 0 Å². The van der Waals surface area contributed by atoms with Crippen molar-refractivity contribution in [2.75, 3.05) is 19.8 Å². The lowest BCUT2D eigenvalue weighted by Crippen LogP contribution is -2.36. The molecule has 1 aromatic heterocycles. The van der Waals surface area contributed by atoms with Gasteiger partial charge in [-0.2, -0.15) is 0 Å². The third-order valence-corrected chi connectivity index (χ3v) is 2.50. The third-order valence-electron chi connectivity index (χ3n) is 2.20. The number of amides is 1. The molecule has 0 spiro atoms. The van der Waals surface area contributed by atoms with Gasteiger partial charge in [-0.1, -0.05) is 11.6 Å². The van der Waals surface area contributed by atoms with Crippen LogP contribution >= 0.6 is 11.6 Å². The fourth-order valence-electron chi connectivity index (χ4n) is 1.23. The van der Waals surface area contributed by atoms with Gasteiger partial charge in [0.2, 0.25) is 5.91 Å². The normalized spacial score (nSPS) is 12.2. The van der Waals surface area contributed by atoms with Crippen LogP contribution in [0.1, 0.15) is 13.0 Å². The van der Waals surface area contributed by atoms with E-state index in [1.54, 1.807) is 21.0 Å². The average Bonchev–Trinajstić information content (AvgIpc) is 2.24. The van der Waals surface area contributed by atoms with E-state index < -0.39 is 11.6 Å². The summed E-state index contributed by atoms with van der Waals surface area (Å²) in [6.07, 6.45) is 1.22. The Morgan fingerprint density at radius 2 is 2.19 bits per heavy atom. The molecular formula is C9H13ClN4O2. The van der Waals surface area contributed by atoms with Gasteiger partial charge in [0.25, 0.3) is 5.56 Å². The van der Waals surface area contributed by atoms with Crippen LogP contribution in [0.2, 0.25) is 5.15 Å². The standard InChI is InChI=1S/C9H13ClN4O2/c1-5(8(15)13(2)3)14-4-12-7(10)6(11)9(14)16/h4-5H,11H2,1-3H3. The predicted octanol–water partition coefficient (Wildman–Crippen LogP) is 0.128. The minimum absolute atomic E-state index is 0.0502. The second-order valence-electron chi connectivity index (χ2n) is 3.57. The molecule has 0 aliphatic rings. The number of nitrogen functional groups attached to an aromatic ring is 1. The van der Waals surface area contributed by atoms with E-state index in [1.165, 1.54) is 11.2 Å². The molecule has 0 radical (unpaired) electrons. The number of likely N-dealkylation sites (N-methyl/N-ethyl adjacent to an activating group) is 1. The Labute approximate surface area is 97.6 Å². The largest absolute Gasteiger partial charge is 0.392 e. The van der Waals surface area contributed by atoms with Crippen molar-refractivity contribution in [2.45, 2.75) is 13.0 Å². The molecule has 0 aromatic carbocycles. The quantitative estimate of drug-likeness (QED) is 0.750. The van der Waals surface area contributed by atoms with Crippen molar-refractivity contribution in [2.24, 2.45) is 0 Å². The zero-order valence-electron chi connectivity index (χ0n) is 9.27. The summed E-state index contributed by atoms with van der Waals surface area (Å²) in [7, 11) is 3.22. The average molecular weight is 245 g/mol. The molecule has 0 fully saturated rings. The number of carbonyl (C=O) groups is 1. The fraction of sp³-hybridized carbons (Fsp3) is 0.444. The number of carbonyl (C=O) groups excluding carboxylic acids is 1. The van der Waals surface area contributed by atoms with E-state index in [9.17, 15) is 9.59 Å². The molecule has 1 rings (SSSR count). The van der Waals surface area contributed by atoms with Crippen LogP contribution < -0.4 is 11.3 Å². The summed E-state index contributed by atoms with van der Waals surface area (Å²) in [6, 6.07) is -0.658. The monoisotopic (exact) mass is 244 g/mol. The Balaban J connectivity index is 3.21. The molecule has 1 amide bonds. The van der Waals surface area contributed by atoms with Gasteiger partial charge in [-0.15, -0.1) is 0 Å². The van der Waals surface area contributed by atoms with E-state index in [0.717, 1.165) is 4.57 Å². The van der Waals surface area contributed by atoms with E-state index in [4.69, 9.17) is 17.3 Å².